The highest BCUT2D eigenvalue weighted by Gasteiger charge is 2.20. The van der Waals surface area contributed by atoms with Gasteiger partial charge in [-0.15, -0.1) is 5.10 Å². The molecule has 31 heavy (non-hydrogen) atoms. The van der Waals surface area contributed by atoms with Crippen LogP contribution >= 0.6 is 0 Å². The summed E-state index contributed by atoms with van der Waals surface area (Å²) in [6.45, 7) is 2.89. The van der Waals surface area contributed by atoms with E-state index in [-0.39, 0.29) is 11.9 Å². The van der Waals surface area contributed by atoms with Crippen LogP contribution in [0.2, 0.25) is 0 Å². The Morgan fingerprint density at radius 1 is 0.968 bits per heavy atom. The quantitative estimate of drug-likeness (QED) is 0.426. The first kappa shape index (κ1) is 22.5. The van der Waals surface area contributed by atoms with Crippen molar-refractivity contribution in [3.63, 3.8) is 0 Å². The van der Waals surface area contributed by atoms with E-state index in [9.17, 15) is 4.79 Å². The second kappa shape index (κ2) is 11.3. The van der Waals surface area contributed by atoms with Gasteiger partial charge in [0.15, 0.2) is 5.82 Å². The molecule has 0 unspecified atom stereocenters. The normalized spacial score (nSPS) is 10.8. The lowest BCUT2D eigenvalue weighted by Gasteiger charge is -2.07. The van der Waals surface area contributed by atoms with Crippen molar-refractivity contribution in [3.8, 4) is 23.1 Å². The van der Waals surface area contributed by atoms with Gasteiger partial charge < -0.3 is 14.2 Å². The van der Waals surface area contributed by atoms with Gasteiger partial charge in [-0.05, 0) is 54.8 Å². The molecule has 0 aliphatic rings. The number of aryl methyl sites for hydroxylation is 1. The highest BCUT2D eigenvalue weighted by atomic mass is 16.5. The van der Waals surface area contributed by atoms with Crippen LogP contribution in [0.15, 0.2) is 48.5 Å². The molecule has 0 amide bonds. The van der Waals surface area contributed by atoms with Crippen molar-refractivity contribution in [2.75, 3.05) is 27.4 Å². The largest absolute Gasteiger partial charge is 0.497 e. The van der Waals surface area contributed by atoms with Crippen LogP contribution in [0, 0.1) is 0 Å². The van der Waals surface area contributed by atoms with E-state index in [0.29, 0.717) is 24.6 Å². The van der Waals surface area contributed by atoms with Crippen molar-refractivity contribution in [1.29, 1.82) is 0 Å². The summed E-state index contributed by atoms with van der Waals surface area (Å²) in [5, 5.41) is 4.31. The van der Waals surface area contributed by atoms with Crippen LogP contribution in [0.5, 0.6) is 11.8 Å². The minimum absolute atomic E-state index is 0.132. The van der Waals surface area contributed by atoms with Crippen molar-refractivity contribution in [2.24, 2.45) is 0 Å². The molecule has 0 atom stereocenters. The summed E-state index contributed by atoms with van der Waals surface area (Å²) in [4.78, 5) is 17.7. The average Bonchev–Trinajstić information content (AvgIpc) is 3.23. The standard InChI is InChI=1S/C24H29N3O4/c1-4-5-6-7-18-8-10-20(11-9-18)23(28)27-22(19-12-14-21(30-3)15-13-19)25-24(26-27)31-17-16-29-2/h8-15H,4-7,16-17H2,1-3H3. The first-order chi connectivity index (χ1) is 15.2. The van der Waals surface area contributed by atoms with Crippen LogP contribution < -0.4 is 9.47 Å². The molecule has 3 aromatic rings. The number of methoxy groups -OCH3 is 2. The number of ether oxygens (including phenoxy) is 3. The Morgan fingerprint density at radius 2 is 1.71 bits per heavy atom. The van der Waals surface area contributed by atoms with E-state index in [2.05, 4.69) is 17.0 Å². The fourth-order valence-corrected chi connectivity index (χ4v) is 3.15. The number of aromatic nitrogens is 3. The third-order valence-corrected chi connectivity index (χ3v) is 4.92. The van der Waals surface area contributed by atoms with Gasteiger partial charge >= 0.3 is 6.01 Å². The van der Waals surface area contributed by atoms with Crippen molar-refractivity contribution in [2.45, 2.75) is 32.6 Å². The molecule has 1 aromatic heterocycles. The summed E-state index contributed by atoms with van der Waals surface area (Å²) in [7, 11) is 3.20. The van der Waals surface area contributed by atoms with Crippen LogP contribution in [0.4, 0.5) is 0 Å². The topological polar surface area (TPSA) is 75.5 Å². The van der Waals surface area contributed by atoms with E-state index < -0.39 is 0 Å². The number of nitrogens with zero attached hydrogens (tertiary/aromatic N) is 3. The number of unbranched alkanes of at least 4 members (excludes halogenated alkanes) is 2. The third kappa shape index (κ3) is 5.92. The molecule has 0 spiro atoms. The van der Waals surface area contributed by atoms with Gasteiger partial charge in [-0.2, -0.15) is 9.67 Å². The molecular formula is C24H29N3O4. The van der Waals surface area contributed by atoms with Gasteiger partial charge in [-0.3, -0.25) is 4.79 Å². The van der Waals surface area contributed by atoms with E-state index in [4.69, 9.17) is 14.2 Å². The van der Waals surface area contributed by atoms with E-state index in [1.165, 1.54) is 23.1 Å². The zero-order valence-electron chi connectivity index (χ0n) is 18.3. The summed E-state index contributed by atoms with van der Waals surface area (Å²) in [5.74, 6) is 0.864. The molecule has 0 radical (unpaired) electrons. The molecule has 2 aromatic carbocycles. The predicted octanol–water partition coefficient (Wildman–Crippen LogP) is 4.40. The van der Waals surface area contributed by atoms with E-state index >= 15 is 0 Å². The monoisotopic (exact) mass is 423 g/mol. The molecular weight excluding hydrogens is 394 g/mol. The van der Waals surface area contributed by atoms with Crippen molar-refractivity contribution in [1.82, 2.24) is 14.8 Å². The first-order valence-corrected chi connectivity index (χ1v) is 10.5. The van der Waals surface area contributed by atoms with E-state index in [0.717, 1.165) is 24.2 Å². The zero-order valence-corrected chi connectivity index (χ0v) is 18.3. The molecule has 0 aliphatic heterocycles. The van der Waals surface area contributed by atoms with Gasteiger partial charge in [0.25, 0.3) is 5.91 Å². The molecule has 0 bridgehead atoms. The average molecular weight is 424 g/mol. The van der Waals surface area contributed by atoms with Gasteiger partial charge in [-0.1, -0.05) is 31.9 Å². The second-order valence-electron chi connectivity index (χ2n) is 7.16. The number of benzene rings is 2. The lowest BCUT2D eigenvalue weighted by atomic mass is 10.1. The predicted molar refractivity (Wildman–Crippen MR) is 119 cm³/mol. The maximum atomic E-state index is 13.2. The highest BCUT2D eigenvalue weighted by Crippen LogP contribution is 2.24. The van der Waals surface area contributed by atoms with E-state index in [1.54, 1.807) is 14.2 Å². The first-order valence-electron chi connectivity index (χ1n) is 10.5. The summed E-state index contributed by atoms with van der Waals surface area (Å²) in [6, 6.07) is 15.1. The van der Waals surface area contributed by atoms with Gasteiger partial charge in [0, 0.05) is 18.2 Å². The lowest BCUT2D eigenvalue weighted by molar-refractivity contribution is 0.0943. The van der Waals surface area contributed by atoms with Crippen LogP contribution in [-0.4, -0.2) is 48.1 Å². The number of carbonyl (C=O) groups is 1. The zero-order chi connectivity index (χ0) is 22.1. The van der Waals surface area contributed by atoms with Gasteiger partial charge in [-0.25, -0.2) is 0 Å². The maximum absolute atomic E-state index is 13.2. The van der Waals surface area contributed by atoms with E-state index in [1.807, 2.05) is 48.5 Å². The van der Waals surface area contributed by atoms with Gasteiger partial charge in [0.1, 0.15) is 12.4 Å². The smallest absolute Gasteiger partial charge is 0.336 e. The molecule has 1 heterocycles. The van der Waals surface area contributed by atoms with Crippen LogP contribution in [0.25, 0.3) is 11.4 Å². The SMILES string of the molecule is CCCCCc1ccc(C(=O)n2nc(OCCOC)nc2-c2ccc(OC)cc2)cc1. The molecule has 0 aliphatic carbocycles. The number of hydrogen-bond donors (Lipinski definition) is 0. The Hall–Kier alpha value is -3.19. The number of hydrogen-bond acceptors (Lipinski definition) is 6. The molecule has 164 valence electrons. The Morgan fingerprint density at radius 3 is 2.35 bits per heavy atom. The molecule has 0 fully saturated rings. The fraction of sp³-hybridized carbons (Fsp3) is 0.375. The van der Waals surface area contributed by atoms with Crippen molar-refractivity contribution >= 4 is 5.91 Å². The van der Waals surface area contributed by atoms with Crippen LogP contribution in [0.1, 0.15) is 42.1 Å². The lowest BCUT2D eigenvalue weighted by Crippen LogP contribution is -2.15. The maximum Gasteiger partial charge on any atom is 0.336 e. The Bertz CT molecular complexity index is 965. The number of carbonyl (C=O) groups excluding carboxylic acids is 1. The molecule has 3 rings (SSSR count). The molecule has 7 heteroatoms. The third-order valence-electron chi connectivity index (χ3n) is 4.92. The van der Waals surface area contributed by atoms with Crippen LogP contribution in [-0.2, 0) is 11.2 Å². The Kier molecular flexibility index (Phi) is 8.18. The van der Waals surface area contributed by atoms with Crippen LogP contribution in [0.3, 0.4) is 0 Å². The van der Waals surface area contributed by atoms with Crippen molar-refractivity contribution < 1.29 is 19.0 Å². The molecule has 0 saturated carbocycles. The summed E-state index contributed by atoms with van der Waals surface area (Å²) < 4.78 is 17.1. The molecule has 0 saturated heterocycles. The molecule has 7 nitrogen and oxygen atoms in total. The summed E-state index contributed by atoms with van der Waals surface area (Å²) in [6.07, 6.45) is 4.55. The Balaban J connectivity index is 1.87. The van der Waals surface area contributed by atoms with Gasteiger partial charge in [0.2, 0.25) is 0 Å². The second-order valence-corrected chi connectivity index (χ2v) is 7.16. The summed E-state index contributed by atoms with van der Waals surface area (Å²) in [5.41, 5.74) is 2.50. The summed E-state index contributed by atoms with van der Waals surface area (Å²) >= 11 is 0. The highest BCUT2D eigenvalue weighted by molar-refractivity contribution is 5.97. The minimum atomic E-state index is -0.264. The Labute approximate surface area is 183 Å². The number of rotatable bonds is 11. The fourth-order valence-electron chi connectivity index (χ4n) is 3.15. The van der Waals surface area contributed by atoms with Gasteiger partial charge in [0.05, 0.1) is 13.7 Å². The minimum Gasteiger partial charge on any atom is -0.497 e. The molecule has 0 N–H and O–H groups in total. The van der Waals surface area contributed by atoms with Crippen molar-refractivity contribution in [3.05, 3.63) is 59.7 Å².